The zero-order valence-electron chi connectivity index (χ0n) is 16.8. The number of nitrogens with one attached hydrogen (secondary N) is 1. The van der Waals surface area contributed by atoms with E-state index in [4.69, 9.17) is 4.74 Å². The van der Waals surface area contributed by atoms with Crippen LogP contribution in [-0.2, 0) is 22.6 Å². The number of benzene rings is 1. The second-order valence-corrected chi connectivity index (χ2v) is 7.70. The summed E-state index contributed by atoms with van der Waals surface area (Å²) < 4.78 is 5.44. The molecule has 2 aliphatic heterocycles. The lowest BCUT2D eigenvalue weighted by Gasteiger charge is -2.32. The lowest BCUT2D eigenvalue weighted by Crippen LogP contribution is -2.41. The molecule has 2 aromatic rings. The Hall–Kier alpha value is -2.51. The Morgan fingerprint density at radius 3 is 2.55 bits per heavy atom. The number of ether oxygens (including phenoxy) is 1. The highest BCUT2D eigenvalue weighted by atomic mass is 16.5. The smallest absolute Gasteiger partial charge is 0.223 e. The summed E-state index contributed by atoms with van der Waals surface area (Å²) in [6.07, 6.45) is 6.87. The number of hydrogen-bond donors (Lipinski definition) is 1. The second kappa shape index (κ2) is 9.80. The fourth-order valence-corrected chi connectivity index (χ4v) is 4.04. The minimum absolute atomic E-state index is 0.0642. The molecule has 0 radical (unpaired) electrons. The maximum Gasteiger partial charge on any atom is 0.223 e. The molecule has 2 fully saturated rings. The van der Waals surface area contributed by atoms with Gasteiger partial charge in [-0.2, -0.15) is 0 Å². The van der Waals surface area contributed by atoms with Gasteiger partial charge in [0.05, 0.1) is 19.4 Å². The predicted molar refractivity (Wildman–Crippen MR) is 111 cm³/mol. The van der Waals surface area contributed by atoms with Crippen LogP contribution in [0, 0.1) is 5.92 Å². The average Bonchev–Trinajstić information content (AvgIpc) is 2.80. The summed E-state index contributed by atoms with van der Waals surface area (Å²) in [5.41, 5.74) is 2.48. The largest absolute Gasteiger partial charge is 0.379 e. The van der Waals surface area contributed by atoms with E-state index in [2.05, 4.69) is 43.3 Å². The molecule has 7 nitrogen and oxygen atoms in total. The Morgan fingerprint density at radius 1 is 1.07 bits per heavy atom. The Bertz CT molecular complexity index is 787. The maximum absolute atomic E-state index is 12.7. The summed E-state index contributed by atoms with van der Waals surface area (Å²) in [5, 5.41) is 3.17. The van der Waals surface area contributed by atoms with Gasteiger partial charge in [0, 0.05) is 57.6 Å². The minimum atomic E-state index is 0.0642. The van der Waals surface area contributed by atoms with Crippen LogP contribution in [-0.4, -0.2) is 60.2 Å². The molecule has 154 valence electrons. The number of carbonyl (C=O) groups excluding carboxylic acids is 1. The van der Waals surface area contributed by atoms with Crippen LogP contribution < -0.4 is 10.2 Å². The number of carbonyl (C=O) groups is 1. The normalized spacial score (nSPS) is 18.6. The first-order valence-corrected chi connectivity index (χ1v) is 10.4. The molecule has 0 spiro atoms. The van der Waals surface area contributed by atoms with Crippen molar-refractivity contribution < 1.29 is 9.53 Å². The highest BCUT2D eigenvalue weighted by molar-refractivity contribution is 5.79. The van der Waals surface area contributed by atoms with E-state index < -0.39 is 0 Å². The van der Waals surface area contributed by atoms with Crippen LogP contribution in [0.1, 0.15) is 24.0 Å². The highest BCUT2D eigenvalue weighted by Crippen LogP contribution is 2.21. The third-order valence-corrected chi connectivity index (χ3v) is 5.81. The first kappa shape index (κ1) is 19.8. The van der Waals surface area contributed by atoms with Gasteiger partial charge in [0.25, 0.3) is 0 Å². The minimum Gasteiger partial charge on any atom is -0.379 e. The number of hydrogen-bond acceptors (Lipinski definition) is 6. The summed E-state index contributed by atoms with van der Waals surface area (Å²) in [4.78, 5) is 25.8. The van der Waals surface area contributed by atoms with Crippen molar-refractivity contribution in [3.05, 3.63) is 54.0 Å². The van der Waals surface area contributed by atoms with Crippen molar-refractivity contribution in [2.45, 2.75) is 25.9 Å². The summed E-state index contributed by atoms with van der Waals surface area (Å²) in [6, 6.07) is 8.40. The Balaban J connectivity index is 1.28. The maximum atomic E-state index is 12.7. The fourth-order valence-electron chi connectivity index (χ4n) is 4.04. The molecule has 3 heterocycles. The predicted octanol–water partition coefficient (Wildman–Crippen LogP) is 1.84. The van der Waals surface area contributed by atoms with E-state index in [0.717, 1.165) is 64.6 Å². The third-order valence-electron chi connectivity index (χ3n) is 5.81. The van der Waals surface area contributed by atoms with Crippen LogP contribution in [0.25, 0.3) is 0 Å². The monoisotopic (exact) mass is 395 g/mol. The van der Waals surface area contributed by atoms with Crippen molar-refractivity contribution in [3.63, 3.8) is 0 Å². The van der Waals surface area contributed by atoms with Crippen molar-refractivity contribution >= 4 is 11.7 Å². The lowest BCUT2D eigenvalue weighted by atomic mass is 9.95. The van der Waals surface area contributed by atoms with Crippen molar-refractivity contribution in [2.24, 2.45) is 5.92 Å². The van der Waals surface area contributed by atoms with Crippen LogP contribution in [0.4, 0.5) is 5.82 Å². The van der Waals surface area contributed by atoms with Gasteiger partial charge in [0.15, 0.2) is 0 Å². The van der Waals surface area contributed by atoms with Crippen LogP contribution in [0.3, 0.4) is 0 Å². The first-order chi connectivity index (χ1) is 14.3. The molecule has 2 aliphatic rings. The molecule has 7 heteroatoms. The van der Waals surface area contributed by atoms with Gasteiger partial charge in [-0.1, -0.05) is 24.3 Å². The summed E-state index contributed by atoms with van der Waals surface area (Å²) >= 11 is 0. The van der Waals surface area contributed by atoms with E-state index in [-0.39, 0.29) is 11.8 Å². The summed E-state index contributed by atoms with van der Waals surface area (Å²) in [7, 11) is 0. The number of morpholine rings is 1. The molecule has 2 saturated heterocycles. The number of nitrogens with zero attached hydrogens (tertiary/aromatic N) is 4. The molecule has 29 heavy (non-hydrogen) atoms. The molecule has 1 amide bonds. The van der Waals surface area contributed by atoms with Crippen molar-refractivity contribution in [1.29, 1.82) is 0 Å². The molecule has 1 aromatic heterocycles. The molecule has 0 saturated carbocycles. The number of amides is 1. The van der Waals surface area contributed by atoms with E-state index >= 15 is 0 Å². The van der Waals surface area contributed by atoms with Crippen LogP contribution >= 0.6 is 0 Å². The van der Waals surface area contributed by atoms with Gasteiger partial charge in [0.2, 0.25) is 5.91 Å². The quantitative estimate of drug-likeness (QED) is 0.805. The van der Waals surface area contributed by atoms with E-state index in [1.165, 1.54) is 11.1 Å². The Kier molecular flexibility index (Phi) is 6.69. The topological polar surface area (TPSA) is 70.6 Å². The molecule has 0 bridgehead atoms. The molecular formula is C22H29N5O2. The summed E-state index contributed by atoms with van der Waals surface area (Å²) in [5.74, 6) is 1.11. The van der Waals surface area contributed by atoms with Crippen molar-refractivity contribution in [3.8, 4) is 0 Å². The standard InChI is InChI=1S/C22H29N5O2/c28-22(18-5-9-27(10-6-18)21-16-23-7-8-24-21)25-15-19-3-1-2-4-20(19)17-26-11-13-29-14-12-26/h1-4,7-8,16,18H,5-6,9-15,17H2,(H,25,28). The van der Waals surface area contributed by atoms with Gasteiger partial charge in [-0.05, 0) is 24.0 Å². The molecule has 0 atom stereocenters. The zero-order valence-corrected chi connectivity index (χ0v) is 16.8. The van der Waals surface area contributed by atoms with Crippen LogP contribution in [0.2, 0.25) is 0 Å². The van der Waals surface area contributed by atoms with E-state index in [1.807, 2.05) is 6.07 Å². The average molecular weight is 396 g/mol. The Labute approximate surface area is 172 Å². The van der Waals surface area contributed by atoms with Crippen molar-refractivity contribution in [2.75, 3.05) is 44.3 Å². The molecule has 0 aliphatic carbocycles. The van der Waals surface area contributed by atoms with Gasteiger partial charge in [-0.25, -0.2) is 4.98 Å². The first-order valence-electron chi connectivity index (χ1n) is 10.4. The molecule has 1 aromatic carbocycles. The van der Waals surface area contributed by atoms with Gasteiger partial charge in [0.1, 0.15) is 5.82 Å². The Morgan fingerprint density at radius 2 is 1.83 bits per heavy atom. The van der Waals surface area contributed by atoms with Crippen LogP contribution in [0.5, 0.6) is 0 Å². The van der Waals surface area contributed by atoms with Gasteiger partial charge < -0.3 is 15.0 Å². The lowest BCUT2D eigenvalue weighted by molar-refractivity contribution is -0.125. The van der Waals surface area contributed by atoms with E-state index in [0.29, 0.717) is 6.54 Å². The number of anilines is 1. The fraction of sp³-hybridized carbons (Fsp3) is 0.500. The number of piperidine rings is 1. The molecule has 1 N–H and O–H groups in total. The highest BCUT2D eigenvalue weighted by Gasteiger charge is 2.25. The third kappa shape index (κ3) is 5.31. The zero-order chi connectivity index (χ0) is 19.9. The second-order valence-electron chi connectivity index (χ2n) is 7.70. The number of rotatable bonds is 6. The molecule has 4 rings (SSSR count). The van der Waals surface area contributed by atoms with Gasteiger partial charge in [-0.3, -0.25) is 14.7 Å². The van der Waals surface area contributed by atoms with Gasteiger partial charge >= 0.3 is 0 Å². The SMILES string of the molecule is O=C(NCc1ccccc1CN1CCOCC1)C1CCN(c2cnccn2)CC1. The molecular weight excluding hydrogens is 366 g/mol. The van der Waals surface area contributed by atoms with E-state index in [9.17, 15) is 4.79 Å². The molecule has 0 unspecified atom stereocenters. The number of aromatic nitrogens is 2. The summed E-state index contributed by atoms with van der Waals surface area (Å²) in [6.45, 7) is 6.69. The van der Waals surface area contributed by atoms with Gasteiger partial charge in [-0.15, -0.1) is 0 Å². The van der Waals surface area contributed by atoms with Crippen molar-refractivity contribution in [1.82, 2.24) is 20.2 Å². The van der Waals surface area contributed by atoms with Crippen LogP contribution in [0.15, 0.2) is 42.9 Å². The van der Waals surface area contributed by atoms with E-state index in [1.54, 1.807) is 18.6 Å².